The van der Waals surface area contributed by atoms with E-state index in [1.54, 1.807) is 19.2 Å². The number of aromatic nitrogens is 1. The van der Waals surface area contributed by atoms with Crippen molar-refractivity contribution in [2.45, 2.75) is 39.3 Å². The molecule has 1 aromatic heterocycles. The van der Waals surface area contributed by atoms with Gasteiger partial charge in [-0.05, 0) is 13.3 Å². The van der Waals surface area contributed by atoms with Crippen molar-refractivity contribution in [2.24, 2.45) is 0 Å². The minimum Gasteiger partial charge on any atom is -0.465 e. The fraction of sp³-hybridized carbons (Fsp3) is 0.636. The Labute approximate surface area is 95.1 Å². The monoisotopic (exact) mass is 226 g/mol. The highest BCUT2D eigenvalue weighted by Crippen LogP contribution is 2.02. The van der Waals surface area contributed by atoms with E-state index in [1.165, 1.54) is 0 Å². The van der Waals surface area contributed by atoms with Gasteiger partial charge in [-0.3, -0.25) is 10.1 Å². The molecule has 5 nitrogen and oxygen atoms in total. The molecular formula is C11H18N2O3. The molecule has 0 saturated carbocycles. The van der Waals surface area contributed by atoms with Gasteiger partial charge in [0.05, 0.1) is 19.3 Å². The Morgan fingerprint density at radius 1 is 1.62 bits per heavy atom. The van der Waals surface area contributed by atoms with Crippen molar-refractivity contribution in [3.63, 3.8) is 0 Å². The second kappa shape index (κ2) is 7.00. The van der Waals surface area contributed by atoms with Crippen molar-refractivity contribution in [2.75, 3.05) is 6.61 Å². The van der Waals surface area contributed by atoms with Gasteiger partial charge in [0.15, 0.2) is 0 Å². The summed E-state index contributed by atoms with van der Waals surface area (Å²) in [4.78, 5) is 11.6. The molecule has 1 aromatic rings. The number of nitrogens with zero attached hydrogens (tertiary/aromatic N) is 1. The molecule has 0 aliphatic rings. The molecule has 0 amide bonds. The molecule has 0 radical (unpaired) electrons. The maximum absolute atomic E-state index is 11.6. The van der Waals surface area contributed by atoms with Gasteiger partial charge in [-0.25, -0.2) is 0 Å². The average Bonchev–Trinajstić information content (AvgIpc) is 2.77. The first kappa shape index (κ1) is 12.7. The van der Waals surface area contributed by atoms with Crippen molar-refractivity contribution in [1.29, 1.82) is 0 Å². The van der Waals surface area contributed by atoms with Crippen molar-refractivity contribution in [1.82, 2.24) is 10.5 Å². The predicted molar refractivity (Wildman–Crippen MR) is 58.7 cm³/mol. The van der Waals surface area contributed by atoms with E-state index < -0.39 is 0 Å². The topological polar surface area (TPSA) is 64.4 Å². The van der Waals surface area contributed by atoms with Gasteiger partial charge in [-0.15, -0.1) is 0 Å². The fourth-order valence-electron chi connectivity index (χ4n) is 1.39. The van der Waals surface area contributed by atoms with Crippen molar-refractivity contribution in [3.8, 4) is 0 Å². The van der Waals surface area contributed by atoms with E-state index in [2.05, 4.69) is 10.5 Å². The molecule has 0 spiro atoms. The van der Waals surface area contributed by atoms with Crippen LogP contribution in [0.2, 0.25) is 0 Å². The first-order valence-corrected chi connectivity index (χ1v) is 5.57. The zero-order valence-electron chi connectivity index (χ0n) is 9.73. The lowest BCUT2D eigenvalue weighted by Crippen LogP contribution is -2.37. The molecule has 90 valence electrons. The lowest BCUT2D eigenvalue weighted by atomic mass is 10.1. The molecule has 0 fully saturated rings. The second-order valence-corrected chi connectivity index (χ2v) is 3.45. The summed E-state index contributed by atoms with van der Waals surface area (Å²) >= 11 is 0. The molecule has 16 heavy (non-hydrogen) atoms. The van der Waals surface area contributed by atoms with Crippen molar-refractivity contribution < 1.29 is 14.1 Å². The Kier molecular flexibility index (Phi) is 5.56. The molecule has 0 saturated heterocycles. The van der Waals surface area contributed by atoms with Crippen LogP contribution in [0.15, 0.2) is 16.8 Å². The Morgan fingerprint density at radius 2 is 2.44 bits per heavy atom. The van der Waals surface area contributed by atoms with E-state index in [1.807, 2.05) is 6.92 Å². The van der Waals surface area contributed by atoms with E-state index in [0.29, 0.717) is 18.9 Å². The number of hydrogen-bond acceptors (Lipinski definition) is 5. The summed E-state index contributed by atoms with van der Waals surface area (Å²) in [5.74, 6) is 0.509. The van der Waals surface area contributed by atoms with Gasteiger partial charge in [-0.1, -0.05) is 18.5 Å². The van der Waals surface area contributed by atoms with Crippen LogP contribution in [0.4, 0.5) is 0 Å². The highest BCUT2D eigenvalue weighted by atomic mass is 16.5. The van der Waals surface area contributed by atoms with Gasteiger partial charge in [0.2, 0.25) is 0 Å². The van der Waals surface area contributed by atoms with Crippen LogP contribution in [0, 0.1) is 0 Å². The standard InChI is InChI=1S/C11H18N2O3/c1-3-5-10(11(14)15-4-2)12-8-9-6-7-13-16-9/h6-7,10,12H,3-5,8H2,1-2H3. The molecule has 1 heterocycles. The summed E-state index contributed by atoms with van der Waals surface area (Å²) < 4.78 is 9.92. The number of carbonyl (C=O) groups is 1. The Morgan fingerprint density at radius 3 is 3.00 bits per heavy atom. The molecule has 1 rings (SSSR count). The second-order valence-electron chi connectivity index (χ2n) is 3.45. The lowest BCUT2D eigenvalue weighted by molar-refractivity contribution is -0.145. The van der Waals surface area contributed by atoms with Gasteiger partial charge in [0.1, 0.15) is 11.8 Å². The van der Waals surface area contributed by atoms with Gasteiger partial charge in [-0.2, -0.15) is 0 Å². The smallest absolute Gasteiger partial charge is 0.323 e. The van der Waals surface area contributed by atoms with Crippen molar-refractivity contribution >= 4 is 5.97 Å². The largest absolute Gasteiger partial charge is 0.465 e. The van der Waals surface area contributed by atoms with Crippen LogP contribution in [-0.2, 0) is 16.1 Å². The summed E-state index contributed by atoms with van der Waals surface area (Å²) in [6.07, 6.45) is 3.26. The van der Waals surface area contributed by atoms with Crippen LogP contribution < -0.4 is 5.32 Å². The van der Waals surface area contributed by atoms with Gasteiger partial charge in [0.25, 0.3) is 0 Å². The predicted octanol–water partition coefficient (Wildman–Crippen LogP) is 1.50. The van der Waals surface area contributed by atoms with Gasteiger partial charge < -0.3 is 9.26 Å². The van der Waals surface area contributed by atoms with Crippen LogP contribution in [0.25, 0.3) is 0 Å². The first-order chi connectivity index (χ1) is 7.77. The maximum Gasteiger partial charge on any atom is 0.323 e. The summed E-state index contributed by atoms with van der Waals surface area (Å²) in [5, 5.41) is 6.70. The zero-order valence-corrected chi connectivity index (χ0v) is 9.73. The average molecular weight is 226 g/mol. The molecule has 0 aliphatic carbocycles. The van der Waals surface area contributed by atoms with Crippen LogP contribution in [0.1, 0.15) is 32.4 Å². The Bertz CT molecular complexity index is 298. The number of nitrogens with one attached hydrogen (secondary N) is 1. The van der Waals surface area contributed by atoms with Crippen LogP contribution >= 0.6 is 0 Å². The first-order valence-electron chi connectivity index (χ1n) is 5.57. The summed E-state index contributed by atoms with van der Waals surface area (Å²) in [7, 11) is 0. The highest BCUT2D eigenvalue weighted by Gasteiger charge is 2.18. The summed E-state index contributed by atoms with van der Waals surface area (Å²) in [6.45, 7) is 4.73. The quantitative estimate of drug-likeness (QED) is 0.714. The third kappa shape index (κ3) is 4.02. The number of ether oxygens (including phenoxy) is 1. The van der Waals surface area contributed by atoms with E-state index in [4.69, 9.17) is 9.26 Å². The molecule has 5 heteroatoms. The zero-order chi connectivity index (χ0) is 11.8. The maximum atomic E-state index is 11.6. The molecule has 1 atom stereocenters. The van der Waals surface area contributed by atoms with E-state index in [-0.39, 0.29) is 12.0 Å². The molecule has 1 N–H and O–H groups in total. The minimum absolute atomic E-state index is 0.205. The van der Waals surface area contributed by atoms with Crippen LogP contribution in [0.5, 0.6) is 0 Å². The number of carbonyl (C=O) groups excluding carboxylic acids is 1. The third-order valence-electron chi connectivity index (χ3n) is 2.16. The van der Waals surface area contributed by atoms with Crippen molar-refractivity contribution in [3.05, 3.63) is 18.0 Å². The van der Waals surface area contributed by atoms with E-state index >= 15 is 0 Å². The minimum atomic E-state index is -0.268. The number of esters is 1. The molecular weight excluding hydrogens is 208 g/mol. The molecule has 0 aromatic carbocycles. The van der Waals surface area contributed by atoms with Crippen LogP contribution in [0.3, 0.4) is 0 Å². The fourth-order valence-corrected chi connectivity index (χ4v) is 1.39. The van der Waals surface area contributed by atoms with E-state index in [9.17, 15) is 4.79 Å². The summed E-state index contributed by atoms with van der Waals surface area (Å²) in [5.41, 5.74) is 0. The van der Waals surface area contributed by atoms with E-state index in [0.717, 1.165) is 12.8 Å². The van der Waals surface area contributed by atoms with Gasteiger partial charge >= 0.3 is 5.97 Å². The van der Waals surface area contributed by atoms with Crippen LogP contribution in [-0.4, -0.2) is 23.8 Å². The highest BCUT2D eigenvalue weighted by molar-refractivity contribution is 5.75. The SMILES string of the molecule is CCCC(NCc1ccno1)C(=O)OCC. The molecule has 0 aliphatic heterocycles. The number of rotatable bonds is 7. The van der Waals surface area contributed by atoms with Gasteiger partial charge in [0, 0.05) is 6.07 Å². The molecule has 1 unspecified atom stereocenters. The Hall–Kier alpha value is -1.36. The Balaban J connectivity index is 2.41. The normalized spacial score (nSPS) is 12.4. The number of hydrogen-bond donors (Lipinski definition) is 1. The summed E-state index contributed by atoms with van der Waals surface area (Å²) in [6, 6.07) is 1.50. The lowest BCUT2D eigenvalue weighted by Gasteiger charge is -2.15. The third-order valence-corrected chi connectivity index (χ3v) is 2.16. The molecule has 0 bridgehead atoms.